The van der Waals surface area contributed by atoms with Crippen molar-refractivity contribution >= 4 is 35.3 Å². The molecule has 536 valence electrons. The summed E-state index contributed by atoms with van der Waals surface area (Å²) in [5, 5.41) is 11.0. The molecule has 0 aliphatic carbocycles. The summed E-state index contributed by atoms with van der Waals surface area (Å²) in [6.07, 6.45) is 42.6. The molecule has 2 aromatic carbocycles. The monoisotopic (exact) mass is 1370 g/mol. The number of unbranched alkanes of at least 4 members (excludes halogenated alkanes) is 30. The first-order chi connectivity index (χ1) is 43.7. The molecule has 2 aromatic rings. The van der Waals surface area contributed by atoms with Crippen LogP contribution in [0.1, 0.15) is 336 Å². The number of ether oxygens (including phenoxy) is 3. The molecule has 2 aliphatic rings. The SMILES string of the molecule is CC(C)(C)c1ccc(OC(c2ccc(C(C)(C)C)cc2C(C)(C)C)C(CO)(COP(O)O)COP(O)O)c(C(C)(C)C)c1.CCCCCCCCCCCCCCCCCCOC1(OCCCCCCCCCCCCCCCCCC)OPOCC12COPOC2. The van der Waals surface area contributed by atoms with Crippen molar-refractivity contribution in [3.05, 3.63) is 64.2 Å². The Balaban J connectivity index is 0.000000484. The highest BCUT2D eigenvalue weighted by atomic mass is 31.2. The lowest BCUT2D eigenvalue weighted by molar-refractivity contribution is -0.419. The largest absolute Gasteiger partial charge is 0.485 e. The number of rotatable bonds is 47. The lowest BCUT2D eigenvalue weighted by Crippen LogP contribution is -2.62. The van der Waals surface area contributed by atoms with Gasteiger partial charge in [-0.2, -0.15) is 0 Å². The van der Waals surface area contributed by atoms with Gasteiger partial charge in [-0.3, -0.25) is 4.52 Å². The summed E-state index contributed by atoms with van der Waals surface area (Å²) in [7, 11) is -5.60. The first-order valence-corrected chi connectivity index (χ1v) is 40.2. The summed E-state index contributed by atoms with van der Waals surface area (Å²) < 4.78 is 54.3. The molecule has 0 amide bonds. The minimum Gasteiger partial charge on any atom is -0.485 e. The summed E-state index contributed by atoms with van der Waals surface area (Å²) in [5.41, 5.74) is 2.00. The van der Waals surface area contributed by atoms with E-state index in [1.807, 2.05) is 24.3 Å². The van der Waals surface area contributed by atoms with Gasteiger partial charge in [0.05, 0.1) is 58.3 Å². The van der Waals surface area contributed by atoms with Crippen molar-refractivity contribution < 1.29 is 66.0 Å². The Hall–Kier alpha value is -0.560. The van der Waals surface area contributed by atoms with Crippen LogP contribution in [-0.2, 0) is 58.3 Å². The van der Waals surface area contributed by atoms with E-state index in [-0.39, 0.29) is 52.9 Å². The topological polar surface area (TPSA) is 184 Å². The number of aliphatic hydroxyl groups excluding tert-OH is 1. The van der Waals surface area contributed by atoms with Crippen LogP contribution in [0, 0.1) is 10.8 Å². The average Bonchev–Trinajstić information content (AvgIpc) is 0.766. The third kappa shape index (κ3) is 32.6. The molecule has 2 atom stereocenters. The zero-order chi connectivity index (χ0) is 68.0. The first kappa shape index (κ1) is 85.7. The Kier molecular flexibility index (Phi) is 42.8. The molecule has 2 fully saturated rings. The van der Waals surface area contributed by atoms with Gasteiger partial charge in [0.15, 0.2) is 18.1 Å². The van der Waals surface area contributed by atoms with E-state index >= 15 is 0 Å². The van der Waals surface area contributed by atoms with Crippen LogP contribution in [0.2, 0.25) is 0 Å². The van der Waals surface area contributed by atoms with Crippen molar-refractivity contribution in [2.45, 2.75) is 336 Å². The van der Waals surface area contributed by atoms with E-state index in [4.69, 9.17) is 41.4 Å². The summed E-state index contributed by atoms with van der Waals surface area (Å²) in [4.78, 5) is 39.0. The second-order valence-corrected chi connectivity index (χ2v) is 33.8. The molecule has 0 saturated carbocycles. The smallest absolute Gasteiger partial charge is 0.327 e. The van der Waals surface area contributed by atoms with Crippen molar-refractivity contribution in [3.8, 4) is 5.75 Å². The number of aliphatic hydroxyl groups is 1. The minimum absolute atomic E-state index is 0.0571. The third-order valence-electron chi connectivity index (χ3n) is 18.3. The van der Waals surface area contributed by atoms with Crippen LogP contribution < -0.4 is 4.74 Å². The molecule has 92 heavy (non-hydrogen) atoms. The summed E-state index contributed by atoms with van der Waals surface area (Å²) in [5.74, 6) is -0.548. The van der Waals surface area contributed by atoms with E-state index in [0.717, 1.165) is 40.7 Å². The van der Waals surface area contributed by atoms with E-state index in [2.05, 4.69) is 109 Å². The normalized spacial score (nSPS) is 17.5. The molecule has 14 nitrogen and oxygen atoms in total. The molecule has 5 N–H and O–H groups in total. The fourth-order valence-corrected chi connectivity index (χ4v) is 14.6. The van der Waals surface area contributed by atoms with Gasteiger partial charge < -0.3 is 61.5 Å². The van der Waals surface area contributed by atoms with Crippen LogP contribution in [0.15, 0.2) is 36.4 Å². The molecule has 18 heteroatoms. The quantitative estimate of drug-likeness (QED) is 0.0240. The molecule has 0 aromatic heterocycles. The van der Waals surface area contributed by atoms with Gasteiger partial charge in [-0.1, -0.05) is 320 Å². The van der Waals surface area contributed by atoms with Crippen LogP contribution >= 0.6 is 35.3 Å². The minimum atomic E-state index is -2.78. The molecular weight excluding hydrogens is 1240 g/mol. The van der Waals surface area contributed by atoms with Gasteiger partial charge in [0.2, 0.25) is 0 Å². The molecule has 0 bridgehead atoms. The van der Waals surface area contributed by atoms with Gasteiger partial charge >= 0.3 is 23.2 Å². The van der Waals surface area contributed by atoms with Crippen LogP contribution in [0.4, 0.5) is 0 Å². The van der Waals surface area contributed by atoms with Crippen LogP contribution in [0.25, 0.3) is 0 Å². The highest BCUT2D eigenvalue weighted by Gasteiger charge is 2.60. The average molecular weight is 1370 g/mol. The zero-order valence-corrected chi connectivity index (χ0v) is 64.4. The van der Waals surface area contributed by atoms with Crippen molar-refractivity contribution in [1.82, 2.24) is 0 Å². The molecule has 4 rings (SSSR count). The summed E-state index contributed by atoms with van der Waals surface area (Å²) in [6, 6.07) is 12.3. The number of benzene rings is 2. The Bertz CT molecular complexity index is 2130. The molecule has 1 spiro atoms. The Morgan fingerprint density at radius 1 is 0.446 bits per heavy atom. The molecule has 0 radical (unpaired) electrons. The Morgan fingerprint density at radius 2 is 0.783 bits per heavy atom. The summed E-state index contributed by atoms with van der Waals surface area (Å²) in [6.45, 7) is 31.5. The van der Waals surface area contributed by atoms with Gasteiger partial charge in [0, 0.05) is 0 Å². The van der Waals surface area contributed by atoms with Crippen molar-refractivity contribution in [2.75, 3.05) is 52.9 Å². The van der Waals surface area contributed by atoms with Gasteiger partial charge in [-0.15, -0.1) is 0 Å². The first-order valence-electron chi connectivity index (χ1n) is 36.2. The van der Waals surface area contributed by atoms with E-state index in [0.29, 0.717) is 38.8 Å². The maximum absolute atomic E-state index is 11.0. The van der Waals surface area contributed by atoms with Crippen molar-refractivity contribution in [2.24, 2.45) is 10.8 Å². The number of hydrogen-bond acceptors (Lipinski definition) is 14. The van der Waals surface area contributed by atoms with Crippen LogP contribution in [0.3, 0.4) is 0 Å². The second kappa shape index (κ2) is 46.0. The predicted molar refractivity (Wildman–Crippen MR) is 387 cm³/mol. The zero-order valence-electron chi connectivity index (χ0n) is 60.6. The van der Waals surface area contributed by atoms with Gasteiger partial charge in [-0.05, 0) is 68.4 Å². The standard InChI is InChI=1S/C41H82O6P2.C33H54O8P2/c1-3-5-7-9-11-13-15-17-19-21-23-25-27-29-31-33-35-42-41(40(39-46-49-47-41)37-44-48-45-38-40)43-36-34-32-30-28-26-24-22-20-18-16-14-12-10-8-6-4-2;1-29(2,3)22-13-15-24(25(17-22)31(7,8)9)28(33(19-34,20-39-42(35)36)21-40-43(37)38)41-27-16-14-23(30(4,5)6)18-26(27)32(10,11)12/h48-49H,3-39H2,1-2H3;13-18,28,34-38H,19-21H2,1-12H3. The molecule has 2 aliphatic heterocycles. The van der Waals surface area contributed by atoms with E-state index < -0.39 is 46.7 Å². The van der Waals surface area contributed by atoms with E-state index in [1.54, 1.807) is 0 Å². The Labute approximate surface area is 568 Å². The van der Waals surface area contributed by atoms with Crippen molar-refractivity contribution in [3.63, 3.8) is 0 Å². The lowest BCUT2D eigenvalue weighted by Gasteiger charge is -2.51. The fourth-order valence-electron chi connectivity index (χ4n) is 12.2. The third-order valence-corrected chi connectivity index (χ3v) is 20.2. The summed E-state index contributed by atoms with van der Waals surface area (Å²) >= 11 is 0. The fraction of sp³-hybridized carbons (Fsp3) is 0.838. The van der Waals surface area contributed by atoms with Crippen LogP contribution in [0.5, 0.6) is 5.75 Å². The van der Waals surface area contributed by atoms with E-state index in [9.17, 15) is 24.7 Å². The molecule has 2 heterocycles. The van der Waals surface area contributed by atoms with Gasteiger partial charge in [-0.25, -0.2) is 0 Å². The van der Waals surface area contributed by atoms with E-state index in [1.165, 1.54) is 193 Å². The molecule has 2 unspecified atom stereocenters. The highest BCUT2D eigenvalue weighted by Crippen LogP contribution is 2.52. The van der Waals surface area contributed by atoms with Gasteiger partial charge in [0.25, 0.3) is 0 Å². The maximum Gasteiger partial charge on any atom is 0.327 e. The number of hydrogen-bond donors (Lipinski definition) is 5. The highest BCUT2D eigenvalue weighted by molar-refractivity contribution is 7.39. The lowest BCUT2D eigenvalue weighted by atomic mass is 9.72. The molecule has 2 saturated heterocycles. The predicted octanol–water partition coefficient (Wildman–Crippen LogP) is 21.7. The Morgan fingerprint density at radius 3 is 1.12 bits per heavy atom. The maximum atomic E-state index is 11.0. The second-order valence-electron chi connectivity index (χ2n) is 30.9. The van der Waals surface area contributed by atoms with Crippen LogP contribution in [-0.4, -0.2) is 83.5 Å². The van der Waals surface area contributed by atoms with Gasteiger partial charge in [0.1, 0.15) is 17.3 Å². The molecular formula is C74H136O14P4. The van der Waals surface area contributed by atoms with Crippen molar-refractivity contribution in [1.29, 1.82) is 0 Å².